The number of halogens is 4. The van der Waals surface area contributed by atoms with E-state index in [9.17, 15) is 22.0 Å². The third-order valence-corrected chi connectivity index (χ3v) is 7.26. The van der Waals surface area contributed by atoms with Gasteiger partial charge >= 0.3 is 12.6 Å². The second kappa shape index (κ2) is 13.6. The summed E-state index contributed by atoms with van der Waals surface area (Å²) < 4.78 is 78.1. The van der Waals surface area contributed by atoms with E-state index < -0.39 is 28.5 Å². The average Bonchev–Trinajstić information content (AvgIpc) is 3.77. The number of ether oxygens (including phenoxy) is 3. The minimum Gasteiger partial charge on any atom is -0.489 e. The number of sulfonamides is 1. The van der Waals surface area contributed by atoms with Crippen LogP contribution in [0.2, 0.25) is 0 Å². The molecular weight excluding hydrogens is 621 g/mol. The molecule has 1 aliphatic carbocycles. The zero-order chi connectivity index (χ0) is 30.4. The third kappa shape index (κ3) is 8.26. The molecule has 15 heteroatoms. The van der Waals surface area contributed by atoms with Gasteiger partial charge in [-0.3, -0.25) is 9.71 Å². The number of rotatable bonds is 14. The van der Waals surface area contributed by atoms with E-state index in [1.54, 1.807) is 13.0 Å². The predicted octanol–water partition coefficient (Wildman–Crippen LogP) is 6.21. The lowest BCUT2D eigenvalue weighted by molar-refractivity contribution is -0.0515. The maximum atomic E-state index is 13.1. The zero-order valence-electron chi connectivity index (χ0n) is 22.3. The third-order valence-electron chi connectivity index (χ3n) is 6.34. The van der Waals surface area contributed by atoms with E-state index in [1.807, 2.05) is 0 Å². The van der Waals surface area contributed by atoms with Crippen molar-refractivity contribution < 1.29 is 44.8 Å². The topological polar surface area (TPSA) is 122 Å². The SMILES string of the molecule is Cc1ccc(C(=O)OCC(c2ccc(OC(F)F)c(OCC3CC3)c2)c2c(OCl)cncc2OCl)cc1NS(C)(=O)=O. The molecule has 10 nitrogen and oxygen atoms in total. The molecule has 2 aromatic carbocycles. The molecule has 0 amide bonds. The first kappa shape index (κ1) is 31.4. The fourth-order valence-electron chi connectivity index (χ4n) is 4.09. The van der Waals surface area contributed by atoms with Crippen LogP contribution in [0.3, 0.4) is 0 Å². The maximum absolute atomic E-state index is 13.1. The van der Waals surface area contributed by atoms with Crippen molar-refractivity contribution >= 4 is 45.4 Å². The van der Waals surface area contributed by atoms with Gasteiger partial charge in [0.05, 0.1) is 48.0 Å². The van der Waals surface area contributed by atoms with Gasteiger partial charge in [0.1, 0.15) is 30.3 Å². The van der Waals surface area contributed by atoms with Crippen LogP contribution in [0.4, 0.5) is 14.5 Å². The lowest BCUT2D eigenvalue weighted by Gasteiger charge is -2.22. The van der Waals surface area contributed by atoms with Gasteiger partial charge in [0, 0.05) is 0 Å². The number of carbonyl (C=O) groups is 1. The van der Waals surface area contributed by atoms with E-state index in [4.69, 9.17) is 41.8 Å². The number of hydrogen-bond acceptors (Lipinski definition) is 9. The van der Waals surface area contributed by atoms with Crippen molar-refractivity contribution in [2.75, 3.05) is 24.2 Å². The highest BCUT2D eigenvalue weighted by Gasteiger charge is 2.29. The molecule has 1 heterocycles. The molecule has 42 heavy (non-hydrogen) atoms. The molecule has 0 bridgehead atoms. The van der Waals surface area contributed by atoms with Crippen LogP contribution in [0.15, 0.2) is 48.8 Å². The van der Waals surface area contributed by atoms with E-state index in [-0.39, 0.29) is 46.4 Å². The lowest BCUT2D eigenvalue weighted by Crippen LogP contribution is -2.17. The summed E-state index contributed by atoms with van der Waals surface area (Å²) in [5.74, 6) is -1.42. The zero-order valence-corrected chi connectivity index (χ0v) is 24.6. The number of hydrogen-bond donors (Lipinski definition) is 1. The highest BCUT2D eigenvalue weighted by molar-refractivity contribution is 7.92. The monoisotopic (exact) mass is 646 g/mol. The summed E-state index contributed by atoms with van der Waals surface area (Å²) in [4.78, 5) is 17.1. The van der Waals surface area contributed by atoms with Crippen molar-refractivity contribution in [3.8, 4) is 23.0 Å². The van der Waals surface area contributed by atoms with Crippen LogP contribution < -0.4 is 22.8 Å². The Labute approximate surface area is 251 Å². The van der Waals surface area contributed by atoms with Crippen molar-refractivity contribution in [3.05, 3.63) is 71.0 Å². The molecule has 1 fully saturated rings. The van der Waals surface area contributed by atoms with Crippen LogP contribution >= 0.6 is 23.7 Å². The van der Waals surface area contributed by atoms with Crippen LogP contribution in [0.1, 0.15) is 45.8 Å². The first-order chi connectivity index (χ1) is 20.0. The Morgan fingerprint density at radius 1 is 1.05 bits per heavy atom. The predicted molar refractivity (Wildman–Crippen MR) is 150 cm³/mol. The minimum atomic E-state index is -3.61. The average molecular weight is 647 g/mol. The molecule has 1 aromatic heterocycles. The number of pyridine rings is 1. The van der Waals surface area contributed by atoms with Gasteiger partial charge in [0.25, 0.3) is 0 Å². The molecular formula is C27H26Cl2F2N2O8S. The van der Waals surface area contributed by atoms with Gasteiger partial charge in [0.15, 0.2) is 23.0 Å². The molecule has 1 unspecified atom stereocenters. The number of anilines is 1. The van der Waals surface area contributed by atoms with Gasteiger partial charge in [0.2, 0.25) is 10.0 Å². The van der Waals surface area contributed by atoms with E-state index in [2.05, 4.69) is 14.4 Å². The van der Waals surface area contributed by atoms with E-state index >= 15 is 0 Å². The quantitative estimate of drug-likeness (QED) is 0.204. The molecule has 1 saturated carbocycles. The molecule has 0 spiro atoms. The van der Waals surface area contributed by atoms with Gasteiger partial charge in [-0.15, -0.1) is 0 Å². The summed E-state index contributed by atoms with van der Waals surface area (Å²) in [7, 11) is -3.61. The standard InChI is InChI=1S/C27H26Cl2F2N2O8S/c1-15-3-6-18(9-20(15)33-42(2,35)36)26(34)38-14-19(25-23(40-28)11-32-12-24(25)41-29)17-7-8-21(39-27(30)31)22(10-17)37-13-16-4-5-16/h3,6-12,16,19,27,33H,4-5,13-14H2,1-2H3. The molecule has 0 saturated heterocycles. The summed E-state index contributed by atoms with van der Waals surface area (Å²) in [6, 6.07) is 8.67. The Kier molecular flexibility index (Phi) is 10.2. The number of aryl methyl sites for hydroxylation is 1. The molecule has 0 radical (unpaired) electrons. The maximum Gasteiger partial charge on any atom is 0.387 e. The normalized spacial score (nSPS) is 13.8. The van der Waals surface area contributed by atoms with Gasteiger partial charge < -0.3 is 22.8 Å². The van der Waals surface area contributed by atoms with Crippen LogP contribution in [-0.4, -0.2) is 45.5 Å². The van der Waals surface area contributed by atoms with Crippen molar-refractivity contribution in [1.82, 2.24) is 4.98 Å². The number of aromatic nitrogens is 1. The smallest absolute Gasteiger partial charge is 0.387 e. The van der Waals surface area contributed by atoms with Crippen LogP contribution in [0.25, 0.3) is 0 Å². The second-order valence-electron chi connectivity index (χ2n) is 9.60. The molecule has 0 aliphatic heterocycles. The van der Waals surface area contributed by atoms with Crippen LogP contribution in [0, 0.1) is 12.8 Å². The summed E-state index contributed by atoms with van der Waals surface area (Å²) in [5.41, 5.74) is 1.53. The largest absolute Gasteiger partial charge is 0.489 e. The summed E-state index contributed by atoms with van der Waals surface area (Å²) in [5, 5.41) is 0. The van der Waals surface area contributed by atoms with Crippen molar-refractivity contribution in [2.45, 2.75) is 32.3 Å². The Morgan fingerprint density at radius 2 is 1.74 bits per heavy atom. The summed E-state index contributed by atoms with van der Waals surface area (Å²) in [6.45, 7) is -1.45. The van der Waals surface area contributed by atoms with Crippen LogP contribution in [0.5, 0.6) is 23.0 Å². The van der Waals surface area contributed by atoms with Gasteiger partial charge in [-0.05, 0) is 61.1 Å². The van der Waals surface area contributed by atoms with Gasteiger partial charge in [-0.25, -0.2) is 13.2 Å². The first-order valence-electron chi connectivity index (χ1n) is 12.5. The minimum absolute atomic E-state index is 0.0270. The van der Waals surface area contributed by atoms with Gasteiger partial charge in [-0.2, -0.15) is 8.78 Å². The number of carbonyl (C=O) groups excluding carboxylic acids is 1. The lowest BCUT2D eigenvalue weighted by atomic mass is 9.91. The Balaban J connectivity index is 1.71. The first-order valence-corrected chi connectivity index (χ1v) is 15.0. The molecule has 4 rings (SSSR count). The second-order valence-corrected chi connectivity index (χ2v) is 11.7. The fourth-order valence-corrected chi connectivity index (χ4v) is 4.95. The number of nitrogens with zero attached hydrogens (tertiary/aromatic N) is 1. The highest BCUT2D eigenvalue weighted by Crippen LogP contribution is 2.42. The molecule has 1 N–H and O–H groups in total. The van der Waals surface area contributed by atoms with Gasteiger partial charge in [-0.1, -0.05) is 12.1 Å². The number of nitrogens with one attached hydrogen (secondary N) is 1. The number of alkyl halides is 2. The molecule has 1 aliphatic rings. The molecule has 3 aromatic rings. The van der Waals surface area contributed by atoms with E-state index in [0.29, 0.717) is 23.7 Å². The Bertz CT molecular complexity index is 1520. The van der Waals surface area contributed by atoms with E-state index in [0.717, 1.165) is 19.1 Å². The Morgan fingerprint density at radius 3 is 2.33 bits per heavy atom. The van der Waals surface area contributed by atoms with Crippen LogP contribution in [-0.2, 0) is 14.8 Å². The van der Waals surface area contributed by atoms with Crippen molar-refractivity contribution in [1.29, 1.82) is 0 Å². The van der Waals surface area contributed by atoms with Crippen molar-refractivity contribution in [3.63, 3.8) is 0 Å². The molecule has 1 atom stereocenters. The number of benzene rings is 2. The molecule has 226 valence electrons. The Hall–Kier alpha value is -3.55. The summed E-state index contributed by atoms with van der Waals surface area (Å²) >= 11 is 11.4. The summed E-state index contributed by atoms with van der Waals surface area (Å²) in [6.07, 6.45) is 5.50. The highest BCUT2D eigenvalue weighted by atomic mass is 35.5. The van der Waals surface area contributed by atoms with Crippen molar-refractivity contribution in [2.24, 2.45) is 5.92 Å². The number of esters is 1. The fraction of sp³-hybridized carbons (Fsp3) is 0.333. The van der Waals surface area contributed by atoms with E-state index in [1.165, 1.54) is 42.7 Å².